The number of carbonyl (C=O) groups is 2. The summed E-state index contributed by atoms with van der Waals surface area (Å²) in [4.78, 5) is 24.5. The molecule has 0 bridgehead atoms. The molecule has 0 aromatic heterocycles. The van der Waals surface area contributed by atoms with Gasteiger partial charge in [-0.2, -0.15) is 0 Å². The first-order chi connectivity index (χ1) is 12.0. The highest BCUT2D eigenvalue weighted by molar-refractivity contribution is 5.92. The van der Waals surface area contributed by atoms with Crippen LogP contribution in [0.25, 0.3) is 0 Å². The number of ether oxygens (including phenoxy) is 1. The maximum atomic E-state index is 12.4. The summed E-state index contributed by atoms with van der Waals surface area (Å²) in [7, 11) is 0. The van der Waals surface area contributed by atoms with Crippen molar-refractivity contribution in [3.63, 3.8) is 0 Å². The number of urea groups is 1. The second-order valence-corrected chi connectivity index (χ2v) is 6.28. The molecule has 5 nitrogen and oxygen atoms in total. The van der Waals surface area contributed by atoms with Crippen LogP contribution in [-0.4, -0.2) is 18.0 Å². The van der Waals surface area contributed by atoms with Crippen LogP contribution in [-0.2, 0) is 16.1 Å². The van der Waals surface area contributed by atoms with E-state index in [9.17, 15) is 9.59 Å². The van der Waals surface area contributed by atoms with E-state index in [1.807, 2.05) is 63.2 Å². The molecular formula is C20H24N2O3. The number of rotatable bonds is 6. The molecular weight excluding hydrogens is 316 g/mol. The molecule has 0 spiro atoms. The van der Waals surface area contributed by atoms with Crippen LogP contribution in [0.15, 0.2) is 54.6 Å². The van der Waals surface area contributed by atoms with Gasteiger partial charge in [-0.05, 0) is 30.5 Å². The second-order valence-electron chi connectivity index (χ2n) is 6.28. The van der Waals surface area contributed by atoms with Gasteiger partial charge in [-0.25, -0.2) is 9.59 Å². The third-order valence-corrected chi connectivity index (χ3v) is 3.70. The fourth-order valence-corrected chi connectivity index (χ4v) is 2.37. The number of esters is 1. The maximum absolute atomic E-state index is 12.4. The van der Waals surface area contributed by atoms with Crippen LogP contribution in [0.5, 0.6) is 0 Å². The third kappa shape index (κ3) is 5.95. The molecule has 2 aromatic carbocycles. The zero-order valence-corrected chi connectivity index (χ0v) is 14.8. The van der Waals surface area contributed by atoms with E-state index in [1.54, 1.807) is 12.1 Å². The predicted octanol–water partition coefficient (Wildman–Crippen LogP) is 3.88. The lowest BCUT2D eigenvalue weighted by atomic mass is 10.1. The summed E-state index contributed by atoms with van der Waals surface area (Å²) >= 11 is 0. The average Bonchev–Trinajstić information content (AvgIpc) is 2.58. The lowest BCUT2D eigenvalue weighted by Gasteiger charge is -2.21. The number of nitrogens with one attached hydrogen (secondary N) is 2. The molecule has 5 heteroatoms. The van der Waals surface area contributed by atoms with Gasteiger partial charge < -0.3 is 15.4 Å². The number of aryl methyl sites for hydroxylation is 1. The van der Waals surface area contributed by atoms with Crippen LogP contribution in [0, 0.1) is 12.8 Å². The minimum absolute atomic E-state index is 0.0912. The molecule has 0 heterocycles. The van der Waals surface area contributed by atoms with Gasteiger partial charge in [0.05, 0.1) is 0 Å². The molecule has 2 rings (SSSR count). The Labute approximate surface area is 148 Å². The lowest BCUT2D eigenvalue weighted by Crippen LogP contribution is -2.47. The Morgan fingerprint density at radius 3 is 2.40 bits per heavy atom. The summed E-state index contributed by atoms with van der Waals surface area (Å²) in [5.74, 6) is -0.536. The van der Waals surface area contributed by atoms with Gasteiger partial charge in [-0.1, -0.05) is 61.9 Å². The van der Waals surface area contributed by atoms with Crippen molar-refractivity contribution < 1.29 is 14.3 Å². The Kier molecular flexibility index (Phi) is 6.57. The molecule has 0 aliphatic heterocycles. The van der Waals surface area contributed by atoms with E-state index in [1.165, 1.54) is 0 Å². The summed E-state index contributed by atoms with van der Waals surface area (Å²) in [5, 5.41) is 5.39. The smallest absolute Gasteiger partial charge is 0.329 e. The number of benzene rings is 2. The highest BCUT2D eigenvalue weighted by Gasteiger charge is 2.25. The summed E-state index contributed by atoms with van der Waals surface area (Å²) in [6.45, 7) is 5.90. The van der Waals surface area contributed by atoms with Gasteiger partial charge in [0, 0.05) is 5.69 Å². The molecule has 25 heavy (non-hydrogen) atoms. The highest BCUT2D eigenvalue weighted by Crippen LogP contribution is 2.10. The maximum Gasteiger partial charge on any atom is 0.329 e. The van der Waals surface area contributed by atoms with Crippen molar-refractivity contribution in [1.29, 1.82) is 0 Å². The van der Waals surface area contributed by atoms with E-state index in [0.717, 1.165) is 11.1 Å². The minimum Gasteiger partial charge on any atom is -0.459 e. The van der Waals surface area contributed by atoms with Crippen LogP contribution < -0.4 is 10.6 Å². The molecule has 132 valence electrons. The van der Waals surface area contributed by atoms with E-state index in [2.05, 4.69) is 10.6 Å². The van der Waals surface area contributed by atoms with E-state index in [-0.39, 0.29) is 12.5 Å². The first kappa shape index (κ1) is 18.5. The van der Waals surface area contributed by atoms with Gasteiger partial charge in [0.2, 0.25) is 0 Å². The zero-order chi connectivity index (χ0) is 18.2. The fraction of sp³-hybridized carbons (Fsp3) is 0.300. The molecule has 0 unspecified atom stereocenters. The molecule has 0 radical (unpaired) electrons. The van der Waals surface area contributed by atoms with Gasteiger partial charge in [0.1, 0.15) is 12.6 Å². The van der Waals surface area contributed by atoms with Gasteiger partial charge in [-0.3, -0.25) is 0 Å². The Hall–Kier alpha value is -2.82. The molecule has 0 saturated carbocycles. The van der Waals surface area contributed by atoms with E-state index < -0.39 is 18.0 Å². The average molecular weight is 340 g/mol. The van der Waals surface area contributed by atoms with Crippen molar-refractivity contribution in [2.45, 2.75) is 33.4 Å². The summed E-state index contributed by atoms with van der Waals surface area (Å²) < 4.78 is 5.38. The van der Waals surface area contributed by atoms with Crippen LogP contribution in [0.4, 0.5) is 10.5 Å². The SMILES string of the molecule is Cc1cccc(COC(=O)[C@@H](NC(=O)Nc2ccccc2)C(C)C)c1. The van der Waals surface area contributed by atoms with Crippen LogP contribution >= 0.6 is 0 Å². The number of para-hydroxylation sites is 1. The van der Waals surface area contributed by atoms with Crippen LogP contribution in [0.1, 0.15) is 25.0 Å². The van der Waals surface area contributed by atoms with Gasteiger partial charge in [-0.15, -0.1) is 0 Å². The Morgan fingerprint density at radius 2 is 1.76 bits per heavy atom. The second kappa shape index (κ2) is 8.87. The topological polar surface area (TPSA) is 67.4 Å². The first-order valence-corrected chi connectivity index (χ1v) is 8.30. The molecule has 0 aliphatic rings. The molecule has 2 amide bonds. The summed E-state index contributed by atoms with van der Waals surface area (Å²) in [6.07, 6.45) is 0. The number of anilines is 1. The van der Waals surface area contributed by atoms with Crippen molar-refractivity contribution in [1.82, 2.24) is 5.32 Å². The lowest BCUT2D eigenvalue weighted by molar-refractivity contribution is -0.148. The molecule has 0 aliphatic carbocycles. The van der Waals surface area contributed by atoms with Crippen molar-refractivity contribution in [2.24, 2.45) is 5.92 Å². The quantitative estimate of drug-likeness (QED) is 0.784. The number of hydrogen-bond donors (Lipinski definition) is 2. The van der Waals surface area contributed by atoms with Crippen molar-refractivity contribution >= 4 is 17.7 Å². The Balaban J connectivity index is 1.92. The minimum atomic E-state index is -0.714. The largest absolute Gasteiger partial charge is 0.459 e. The molecule has 1 atom stereocenters. The molecule has 0 saturated heterocycles. The Morgan fingerprint density at radius 1 is 1.04 bits per heavy atom. The number of hydrogen-bond acceptors (Lipinski definition) is 3. The van der Waals surface area contributed by atoms with Crippen molar-refractivity contribution in [3.05, 3.63) is 65.7 Å². The van der Waals surface area contributed by atoms with Gasteiger partial charge in [0.15, 0.2) is 0 Å². The van der Waals surface area contributed by atoms with Gasteiger partial charge >= 0.3 is 12.0 Å². The van der Waals surface area contributed by atoms with Crippen molar-refractivity contribution in [3.8, 4) is 0 Å². The van der Waals surface area contributed by atoms with E-state index >= 15 is 0 Å². The Bertz CT molecular complexity index is 714. The zero-order valence-electron chi connectivity index (χ0n) is 14.8. The fourth-order valence-electron chi connectivity index (χ4n) is 2.37. The highest BCUT2D eigenvalue weighted by atomic mass is 16.5. The van der Waals surface area contributed by atoms with E-state index in [4.69, 9.17) is 4.74 Å². The summed E-state index contributed by atoms with van der Waals surface area (Å²) in [5.41, 5.74) is 2.69. The van der Waals surface area contributed by atoms with Crippen molar-refractivity contribution in [2.75, 3.05) is 5.32 Å². The van der Waals surface area contributed by atoms with E-state index in [0.29, 0.717) is 5.69 Å². The monoisotopic (exact) mass is 340 g/mol. The number of carbonyl (C=O) groups excluding carboxylic acids is 2. The molecule has 2 aromatic rings. The molecule has 0 fully saturated rings. The molecule has 2 N–H and O–H groups in total. The van der Waals surface area contributed by atoms with Gasteiger partial charge in [0.25, 0.3) is 0 Å². The summed E-state index contributed by atoms with van der Waals surface area (Å²) in [6, 6.07) is 15.7. The first-order valence-electron chi connectivity index (χ1n) is 8.30. The standard InChI is InChI=1S/C20H24N2O3/c1-14(2)18(22-20(24)21-17-10-5-4-6-11-17)19(23)25-13-16-9-7-8-15(3)12-16/h4-12,14,18H,13H2,1-3H3,(H2,21,22,24)/t18-/m0/s1. The third-order valence-electron chi connectivity index (χ3n) is 3.70. The number of amides is 2. The van der Waals surface area contributed by atoms with Crippen LogP contribution in [0.2, 0.25) is 0 Å². The van der Waals surface area contributed by atoms with Crippen LogP contribution in [0.3, 0.4) is 0 Å². The predicted molar refractivity (Wildman–Crippen MR) is 98.2 cm³/mol. The normalized spacial score (nSPS) is 11.7.